The number of aliphatic imine (C=N–C) groups is 1. The van der Waals surface area contributed by atoms with Gasteiger partial charge in [0.25, 0.3) is 0 Å². The first-order valence-corrected chi connectivity index (χ1v) is 9.94. The van der Waals surface area contributed by atoms with Crippen LogP contribution in [0.15, 0.2) is 23.3 Å². The van der Waals surface area contributed by atoms with Gasteiger partial charge in [-0.3, -0.25) is 9.89 Å². The van der Waals surface area contributed by atoms with E-state index in [2.05, 4.69) is 31.7 Å². The zero-order chi connectivity index (χ0) is 20.7. The molecule has 1 unspecified atom stereocenters. The summed E-state index contributed by atoms with van der Waals surface area (Å²) in [5.74, 6) is -0.538. The number of likely N-dealkylation sites (N-methyl/N-ethyl adjacent to an activating group) is 1. The molecule has 8 heteroatoms. The molecule has 0 aliphatic carbocycles. The molecule has 2 aromatic rings. The standard InChI is InChI=1S/C21H26F2N6/c1-5-28-6-8-29(9-7-28)21-24-12-17(23)18(26-21)14-10-15-19(16(22)11-14)25-13(2)20(15)27(3)4/h10-12,20H,5-9H2,1-4H3. The molecule has 6 nitrogen and oxygen atoms in total. The summed E-state index contributed by atoms with van der Waals surface area (Å²) >= 11 is 0. The third kappa shape index (κ3) is 3.62. The number of hydrogen-bond donors (Lipinski definition) is 0. The molecule has 2 aliphatic heterocycles. The molecule has 1 aromatic heterocycles. The topological polar surface area (TPSA) is 47.9 Å². The fraction of sp³-hybridized carbons (Fsp3) is 0.476. The Morgan fingerprint density at radius 3 is 2.48 bits per heavy atom. The number of benzene rings is 1. The van der Waals surface area contributed by atoms with Crippen molar-refractivity contribution in [1.29, 1.82) is 0 Å². The Bertz CT molecular complexity index is 950. The normalized spacial score (nSPS) is 19.6. The molecule has 3 heterocycles. The Morgan fingerprint density at radius 2 is 1.83 bits per heavy atom. The predicted molar refractivity (Wildman–Crippen MR) is 111 cm³/mol. The van der Waals surface area contributed by atoms with E-state index in [1.165, 1.54) is 12.3 Å². The second-order valence-corrected chi connectivity index (χ2v) is 7.80. The summed E-state index contributed by atoms with van der Waals surface area (Å²) in [6.07, 6.45) is 1.18. The first kappa shape index (κ1) is 19.8. The van der Waals surface area contributed by atoms with Crippen molar-refractivity contribution < 1.29 is 8.78 Å². The van der Waals surface area contributed by atoms with Crippen molar-refractivity contribution in [3.63, 3.8) is 0 Å². The molecule has 1 saturated heterocycles. The lowest BCUT2D eigenvalue weighted by Crippen LogP contribution is -2.46. The maximum Gasteiger partial charge on any atom is 0.226 e. The van der Waals surface area contributed by atoms with Gasteiger partial charge >= 0.3 is 0 Å². The number of fused-ring (bicyclic) bond motifs is 1. The molecule has 4 rings (SSSR count). The minimum atomic E-state index is -0.558. The lowest BCUT2D eigenvalue weighted by Gasteiger charge is -2.34. The lowest BCUT2D eigenvalue weighted by atomic mass is 9.99. The van der Waals surface area contributed by atoms with Gasteiger partial charge in [0.05, 0.1) is 12.2 Å². The summed E-state index contributed by atoms with van der Waals surface area (Å²) in [5, 5.41) is 0. The van der Waals surface area contributed by atoms with Gasteiger partial charge in [0.2, 0.25) is 5.95 Å². The Hall–Kier alpha value is -2.45. The van der Waals surface area contributed by atoms with E-state index in [1.807, 2.05) is 25.9 Å². The van der Waals surface area contributed by atoms with Gasteiger partial charge < -0.3 is 9.80 Å². The van der Waals surface area contributed by atoms with E-state index in [1.54, 1.807) is 6.07 Å². The highest BCUT2D eigenvalue weighted by atomic mass is 19.1. The third-order valence-corrected chi connectivity index (χ3v) is 5.69. The van der Waals surface area contributed by atoms with E-state index in [0.29, 0.717) is 17.2 Å². The molecule has 1 atom stereocenters. The minimum Gasteiger partial charge on any atom is -0.338 e. The van der Waals surface area contributed by atoms with Gasteiger partial charge in [-0.25, -0.2) is 18.7 Å². The summed E-state index contributed by atoms with van der Waals surface area (Å²) < 4.78 is 29.5. The van der Waals surface area contributed by atoms with Crippen LogP contribution < -0.4 is 4.90 Å². The van der Waals surface area contributed by atoms with E-state index < -0.39 is 11.6 Å². The average Bonchev–Trinajstić information content (AvgIpc) is 3.05. The Kier molecular flexibility index (Phi) is 5.31. The SMILES string of the molecule is CCN1CCN(c2ncc(F)c(-c3cc(F)c4c(c3)C(N(C)C)C(C)=N4)n2)CC1. The summed E-state index contributed by atoms with van der Waals surface area (Å²) in [6, 6.07) is 2.98. The summed E-state index contributed by atoms with van der Waals surface area (Å²) in [4.78, 5) is 19.4. The summed E-state index contributed by atoms with van der Waals surface area (Å²) in [7, 11) is 3.84. The van der Waals surface area contributed by atoms with Crippen molar-refractivity contribution >= 4 is 17.3 Å². The highest BCUT2D eigenvalue weighted by Gasteiger charge is 2.30. The molecular formula is C21H26F2N6. The van der Waals surface area contributed by atoms with Crippen LogP contribution in [-0.2, 0) is 0 Å². The molecule has 154 valence electrons. The first-order valence-electron chi connectivity index (χ1n) is 9.94. The zero-order valence-corrected chi connectivity index (χ0v) is 17.3. The van der Waals surface area contributed by atoms with Crippen molar-refractivity contribution in [1.82, 2.24) is 19.8 Å². The van der Waals surface area contributed by atoms with Crippen molar-refractivity contribution in [2.24, 2.45) is 4.99 Å². The maximum absolute atomic E-state index is 14.8. The van der Waals surface area contributed by atoms with E-state index in [4.69, 9.17) is 0 Å². The van der Waals surface area contributed by atoms with E-state index in [9.17, 15) is 8.78 Å². The molecule has 29 heavy (non-hydrogen) atoms. The van der Waals surface area contributed by atoms with E-state index in [-0.39, 0.29) is 11.7 Å². The van der Waals surface area contributed by atoms with Crippen LogP contribution in [0.2, 0.25) is 0 Å². The van der Waals surface area contributed by atoms with Gasteiger partial charge in [0.15, 0.2) is 5.82 Å². The largest absolute Gasteiger partial charge is 0.338 e. The molecule has 0 saturated carbocycles. The lowest BCUT2D eigenvalue weighted by molar-refractivity contribution is 0.270. The fourth-order valence-electron chi connectivity index (χ4n) is 4.17. The number of halogens is 2. The number of rotatable bonds is 4. The van der Waals surface area contributed by atoms with Crippen LogP contribution >= 0.6 is 0 Å². The van der Waals surface area contributed by atoms with Gasteiger partial charge in [0.1, 0.15) is 17.2 Å². The highest BCUT2D eigenvalue weighted by Crippen LogP contribution is 2.41. The van der Waals surface area contributed by atoms with Gasteiger partial charge in [-0.1, -0.05) is 6.92 Å². The molecule has 0 bridgehead atoms. The average molecular weight is 400 g/mol. The monoisotopic (exact) mass is 400 g/mol. The van der Waals surface area contributed by atoms with Crippen LogP contribution in [0.3, 0.4) is 0 Å². The number of hydrogen-bond acceptors (Lipinski definition) is 6. The number of nitrogens with zero attached hydrogens (tertiary/aromatic N) is 6. The molecule has 0 spiro atoms. The van der Waals surface area contributed by atoms with Crippen molar-refractivity contribution in [3.8, 4) is 11.3 Å². The smallest absolute Gasteiger partial charge is 0.226 e. The minimum absolute atomic E-state index is 0.122. The van der Waals surface area contributed by atoms with Gasteiger partial charge in [0, 0.05) is 43.0 Å². The van der Waals surface area contributed by atoms with E-state index in [0.717, 1.165) is 44.0 Å². The van der Waals surface area contributed by atoms with Crippen LogP contribution in [0, 0.1) is 11.6 Å². The van der Waals surface area contributed by atoms with Gasteiger partial charge in [-0.05, 0) is 39.7 Å². The van der Waals surface area contributed by atoms with Gasteiger partial charge in [-0.15, -0.1) is 0 Å². The summed E-state index contributed by atoms with van der Waals surface area (Å²) in [5.41, 5.74) is 2.41. The van der Waals surface area contributed by atoms with Crippen LogP contribution in [0.4, 0.5) is 20.4 Å². The molecular weight excluding hydrogens is 374 g/mol. The maximum atomic E-state index is 14.8. The quantitative estimate of drug-likeness (QED) is 0.788. The second-order valence-electron chi connectivity index (χ2n) is 7.80. The molecule has 1 aromatic carbocycles. The molecule has 1 fully saturated rings. The van der Waals surface area contributed by atoms with Crippen LogP contribution in [0.25, 0.3) is 11.3 Å². The molecule has 2 aliphatic rings. The number of piperazine rings is 1. The Labute approximate surface area is 169 Å². The van der Waals surface area contributed by atoms with Gasteiger partial charge in [-0.2, -0.15) is 0 Å². The summed E-state index contributed by atoms with van der Waals surface area (Å²) in [6.45, 7) is 8.43. The fourth-order valence-corrected chi connectivity index (χ4v) is 4.17. The molecule has 0 amide bonds. The van der Waals surface area contributed by atoms with Crippen molar-refractivity contribution in [3.05, 3.63) is 35.5 Å². The van der Waals surface area contributed by atoms with Crippen molar-refractivity contribution in [2.75, 3.05) is 51.7 Å². The zero-order valence-electron chi connectivity index (χ0n) is 17.3. The van der Waals surface area contributed by atoms with Crippen LogP contribution in [0.5, 0.6) is 0 Å². The number of anilines is 1. The predicted octanol–water partition coefficient (Wildman–Crippen LogP) is 3.27. The van der Waals surface area contributed by atoms with Crippen LogP contribution in [0.1, 0.15) is 25.5 Å². The van der Waals surface area contributed by atoms with Crippen LogP contribution in [-0.4, -0.2) is 72.3 Å². The Morgan fingerprint density at radius 1 is 1.10 bits per heavy atom. The van der Waals surface area contributed by atoms with Crippen molar-refractivity contribution in [2.45, 2.75) is 19.9 Å². The first-order chi connectivity index (χ1) is 13.9. The molecule has 0 radical (unpaired) electrons. The molecule has 0 N–H and O–H groups in total. The second kappa shape index (κ2) is 7.76. The number of aromatic nitrogens is 2. The highest BCUT2D eigenvalue weighted by molar-refractivity contribution is 5.96. The third-order valence-electron chi connectivity index (χ3n) is 5.69. The Balaban J connectivity index is 1.70. The van der Waals surface area contributed by atoms with E-state index >= 15 is 0 Å².